The van der Waals surface area contributed by atoms with Crippen LogP contribution >= 0.6 is 24.0 Å². The number of rotatable bonds is 5. The number of hydrogen-bond donors (Lipinski definition) is 3. The van der Waals surface area contributed by atoms with Crippen molar-refractivity contribution in [3.63, 3.8) is 0 Å². The topological polar surface area (TPSA) is 74.8 Å². The van der Waals surface area contributed by atoms with Crippen molar-refractivity contribution in [3.8, 4) is 5.75 Å². The molecule has 0 aliphatic carbocycles. The van der Waals surface area contributed by atoms with Gasteiger partial charge >= 0.3 is 0 Å². The number of halogens is 1. The number of benzene rings is 1. The Bertz CT molecular complexity index is 435. The first-order chi connectivity index (χ1) is 9.21. The maximum atomic E-state index is 11.8. The molecule has 0 unspecified atom stereocenters. The number of hydrogen-bond acceptors (Lipinski definition) is 3. The van der Waals surface area contributed by atoms with E-state index in [-0.39, 0.29) is 29.9 Å². The summed E-state index contributed by atoms with van der Waals surface area (Å²) < 4.78 is 5.04. The number of methoxy groups -OCH3 is 1. The molecule has 0 aromatic heterocycles. The van der Waals surface area contributed by atoms with E-state index < -0.39 is 0 Å². The van der Waals surface area contributed by atoms with Gasteiger partial charge < -0.3 is 20.7 Å². The Morgan fingerprint density at radius 2 is 1.80 bits per heavy atom. The number of amides is 1. The highest BCUT2D eigenvalue weighted by Crippen LogP contribution is 2.10. The van der Waals surface area contributed by atoms with Gasteiger partial charge in [0.05, 0.1) is 7.11 Å². The number of nitrogens with one attached hydrogen (secondary N) is 3. The number of ether oxygens (including phenoxy) is 1. The second kappa shape index (κ2) is 10.3. The lowest BCUT2D eigenvalue weighted by Gasteiger charge is -2.09. The fourth-order valence-electron chi connectivity index (χ4n) is 1.48. The zero-order valence-corrected chi connectivity index (χ0v) is 14.2. The molecule has 1 rings (SSSR count). The average Bonchev–Trinajstić information content (AvgIpc) is 2.47. The molecule has 3 N–H and O–H groups in total. The lowest BCUT2D eigenvalue weighted by molar-refractivity contribution is 0.0954. The Morgan fingerprint density at radius 1 is 1.20 bits per heavy atom. The third kappa shape index (κ3) is 6.09. The summed E-state index contributed by atoms with van der Waals surface area (Å²) in [6.45, 7) is 1.13. The number of guanidine groups is 1. The van der Waals surface area contributed by atoms with E-state index in [1.54, 1.807) is 45.5 Å². The molecule has 0 saturated heterocycles. The van der Waals surface area contributed by atoms with Gasteiger partial charge in [0.15, 0.2) is 5.96 Å². The molecule has 1 amide bonds. The third-order valence-electron chi connectivity index (χ3n) is 2.52. The highest BCUT2D eigenvalue weighted by Gasteiger charge is 2.04. The highest BCUT2D eigenvalue weighted by atomic mass is 127. The SMILES string of the molecule is CN=C(NC)NCCNC(=O)c1ccc(OC)cc1.I. The van der Waals surface area contributed by atoms with Crippen LogP contribution in [0.2, 0.25) is 0 Å². The molecule has 1 aromatic carbocycles. The molecule has 0 radical (unpaired) electrons. The van der Waals surface area contributed by atoms with E-state index in [0.29, 0.717) is 24.6 Å². The van der Waals surface area contributed by atoms with Crippen LogP contribution in [-0.4, -0.2) is 46.2 Å². The van der Waals surface area contributed by atoms with Crippen LogP contribution in [0.4, 0.5) is 0 Å². The van der Waals surface area contributed by atoms with Gasteiger partial charge in [-0.05, 0) is 24.3 Å². The first-order valence-corrected chi connectivity index (χ1v) is 6.02. The number of carbonyl (C=O) groups excluding carboxylic acids is 1. The van der Waals surface area contributed by atoms with Crippen molar-refractivity contribution < 1.29 is 9.53 Å². The van der Waals surface area contributed by atoms with Crippen LogP contribution in [-0.2, 0) is 0 Å². The highest BCUT2D eigenvalue weighted by molar-refractivity contribution is 14.0. The summed E-state index contributed by atoms with van der Waals surface area (Å²) in [5.74, 6) is 1.32. The van der Waals surface area contributed by atoms with Gasteiger partial charge in [-0.3, -0.25) is 9.79 Å². The maximum absolute atomic E-state index is 11.8. The molecule has 0 fully saturated rings. The van der Waals surface area contributed by atoms with Crippen molar-refractivity contribution in [1.82, 2.24) is 16.0 Å². The molecule has 0 aliphatic rings. The predicted molar refractivity (Wildman–Crippen MR) is 91.2 cm³/mol. The molecule has 0 atom stereocenters. The second-order valence-corrected chi connectivity index (χ2v) is 3.73. The molecule has 0 spiro atoms. The van der Waals surface area contributed by atoms with Gasteiger partial charge in [-0.2, -0.15) is 0 Å². The third-order valence-corrected chi connectivity index (χ3v) is 2.52. The number of aliphatic imine (C=N–C) groups is 1. The summed E-state index contributed by atoms with van der Waals surface area (Å²) >= 11 is 0. The molecule has 0 heterocycles. The Hall–Kier alpha value is -1.51. The van der Waals surface area contributed by atoms with Gasteiger partial charge in [0.1, 0.15) is 5.75 Å². The van der Waals surface area contributed by atoms with Crippen LogP contribution in [0.15, 0.2) is 29.3 Å². The molecule has 6 nitrogen and oxygen atoms in total. The van der Waals surface area contributed by atoms with E-state index in [4.69, 9.17) is 4.74 Å². The fraction of sp³-hybridized carbons (Fsp3) is 0.385. The van der Waals surface area contributed by atoms with Gasteiger partial charge in [0, 0.05) is 32.7 Å². The zero-order valence-electron chi connectivity index (χ0n) is 11.9. The number of nitrogens with zero attached hydrogens (tertiary/aromatic N) is 1. The van der Waals surface area contributed by atoms with Gasteiger partial charge in [-0.15, -0.1) is 24.0 Å². The summed E-state index contributed by atoms with van der Waals surface area (Å²) in [6.07, 6.45) is 0. The van der Waals surface area contributed by atoms with E-state index >= 15 is 0 Å². The Balaban J connectivity index is 0.00000361. The molecule has 0 saturated carbocycles. The minimum atomic E-state index is -0.108. The van der Waals surface area contributed by atoms with Gasteiger partial charge in [-0.25, -0.2) is 0 Å². The van der Waals surface area contributed by atoms with E-state index in [1.807, 2.05) is 0 Å². The van der Waals surface area contributed by atoms with Crippen molar-refractivity contribution in [3.05, 3.63) is 29.8 Å². The zero-order chi connectivity index (χ0) is 14.1. The molecule has 1 aromatic rings. The van der Waals surface area contributed by atoms with Crippen LogP contribution in [0.25, 0.3) is 0 Å². The summed E-state index contributed by atoms with van der Waals surface area (Å²) in [4.78, 5) is 15.8. The Morgan fingerprint density at radius 3 is 2.30 bits per heavy atom. The van der Waals surface area contributed by atoms with Gasteiger partial charge in [0.2, 0.25) is 0 Å². The minimum Gasteiger partial charge on any atom is -0.497 e. The smallest absolute Gasteiger partial charge is 0.251 e. The Kier molecular flexibility index (Phi) is 9.52. The maximum Gasteiger partial charge on any atom is 0.251 e. The van der Waals surface area contributed by atoms with Crippen molar-refractivity contribution in [1.29, 1.82) is 0 Å². The largest absolute Gasteiger partial charge is 0.497 e. The van der Waals surface area contributed by atoms with Crippen LogP contribution < -0.4 is 20.7 Å². The van der Waals surface area contributed by atoms with Crippen LogP contribution in [0.3, 0.4) is 0 Å². The molecule has 112 valence electrons. The molecular weight excluding hydrogens is 371 g/mol. The molecular formula is C13H21IN4O2. The van der Waals surface area contributed by atoms with Crippen LogP contribution in [0, 0.1) is 0 Å². The summed E-state index contributed by atoms with van der Waals surface area (Å²) in [5.41, 5.74) is 0.610. The second-order valence-electron chi connectivity index (χ2n) is 3.73. The average molecular weight is 392 g/mol. The normalized spacial score (nSPS) is 10.2. The molecule has 0 bridgehead atoms. The molecule has 7 heteroatoms. The summed E-state index contributed by atoms with van der Waals surface area (Å²) in [5, 5.41) is 8.76. The lowest BCUT2D eigenvalue weighted by atomic mass is 10.2. The molecule has 0 aliphatic heterocycles. The van der Waals surface area contributed by atoms with Gasteiger partial charge in [-0.1, -0.05) is 0 Å². The van der Waals surface area contributed by atoms with Crippen molar-refractivity contribution in [2.75, 3.05) is 34.3 Å². The van der Waals surface area contributed by atoms with E-state index in [9.17, 15) is 4.79 Å². The molecule has 20 heavy (non-hydrogen) atoms. The quantitative estimate of drug-likeness (QED) is 0.301. The van der Waals surface area contributed by atoms with Gasteiger partial charge in [0.25, 0.3) is 5.91 Å². The monoisotopic (exact) mass is 392 g/mol. The first kappa shape index (κ1) is 18.5. The number of carbonyl (C=O) groups is 1. The van der Waals surface area contributed by atoms with E-state index in [1.165, 1.54) is 0 Å². The minimum absolute atomic E-state index is 0. The van der Waals surface area contributed by atoms with Crippen molar-refractivity contribution in [2.24, 2.45) is 4.99 Å². The summed E-state index contributed by atoms with van der Waals surface area (Å²) in [6, 6.07) is 6.98. The standard InChI is InChI=1S/C13H20N4O2.HI/c1-14-13(15-2)17-9-8-16-12(18)10-4-6-11(19-3)7-5-10;/h4-7H,8-9H2,1-3H3,(H,16,18)(H2,14,15,17);1H. The van der Waals surface area contributed by atoms with Crippen molar-refractivity contribution >= 4 is 35.8 Å². The Labute approximate surface area is 136 Å². The lowest BCUT2D eigenvalue weighted by Crippen LogP contribution is -2.39. The van der Waals surface area contributed by atoms with E-state index in [0.717, 1.165) is 5.75 Å². The van der Waals surface area contributed by atoms with Crippen LogP contribution in [0.5, 0.6) is 5.75 Å². The fourth-order valence-corrected chi connectivity index (χ4v) is 1.48. The summed E-state index contributed by atoms with van der Waals surface area (Å²) in [7, 11) is 5.06. The first-order valence-electron chi connectivity index (χ1n) is 6.02. The van der Waals surface area contributed by atoms with Crippen molar-refractivity contribution in [2.45, 2.75) is 0 Å². The predicted octanol–water partition coefficient (Wildman–Crippen LogP) is 0.838. The van der Waals surface area contributed by atoms with Crippen LogP contribution in [0.1, 0.15) is 10.4 Å². The van der Waals surface area contributed by atoms with E-state index in [2.05, 4.69) is 20.9 Å².